The summed E-state index contributed by atoms with van der Waals surface area (Å²) >= 11 is 0. The highest BCUT2D eigenvalue weighted by atomic mass is 15.3. The summed E-state index contributed by atoms with van der Waals surface area (Å²) in [7, 11) is 0. The normalized spacial score (nSPS) is 10.6. The highest BCUT2D eigenvalue weighted by molar-refractivity contribution is 5.61. The van der Waals surface area contributed by atoms with Crippen molar-refractivity contribution in [3.8, 4) is 16.9 Å². The van der Waals surface area contributed by atoms with Gasteiger partial charge >= 0.3 is 0 Å². The fourth-order valence-electron chi connectivity index (χ4n) is 1.80. The second-order valence-corrected chi connectivity index (χ2v) is 4.11. The predicted octanol–water partition coefficient (Wildman–Crippen LogP) is 1.79. The fourth-order valence-corrected chi connectivity index (χ4v) is 1.80. The Morgan fingerprint density at radius 1 is 0.947 bits per heavy atom. The van der Waals surface area contributed by atoms with E-state index in [2.05, 4.69) is 15.1 Å². The van der Waals surface area contributed by atoms with Crippen LogP contribution < -0.4 is 5.73 Å². The summed E-state index contributed by atoms with van der Waals surface area (Å²) < 4.78 is 1.70. The van der Waals surface area contributed by atoms with Gasteiger partial charge < -0.3 is 5.73 Å². The van der Waals surface area contributed by atoms with Crippen LogP contribution in [-0.4, -0.2) is 19.7 Å². The Morgan fingerprint density at radius 2 is 1.79 bits per heavy atom. The maximum atomic E-state index is 5.49. The van der Waals surface area contributed by atoms with Gasteiger partial charge in [0, 0.05) is 18.3 Å². The van der Waals surface area contributed by atoms with Gasteiger partial charge in [0.15, 0.2) is 5.82 Å². The highest BCUT2D eigenvalue weighted by Gasteiger charge is 2.04. The van der Waals surface area contributed by atoms with Gasteiger partial charge in [0.2, 0.25) is 0 Å². The molecular weight excluding hydrogens is 238 g/mol. The molecule has 2 heterocycles. The number of nitrogens with zero attached hydrogens (tertiary/aromatic N) is 4. The first kappa shape index (κ1) is 11.6. The summed E-state index contributed by atoms with van der Waals surface area (Å²) in [5.74, 6) is 0.680. The van der Waals surface area contributed by atoms with Gasteiger partial charge in [-0.15, -0.1) is 0 Å². The Kier molecular flexibility index (Phi) is 3.04. The Balaban J connectivity index is 1.92. The van der Waals surface area contributed by atoms with E-state index in [0.717, 1.165) is 16.8 Å². The van der Waals surface area contributed by atoms with E-state index in [1.165, 1.54) is 0 Å². The minimum Gasteiger partial charge on any atom is -0.325 e. The third-order valence-corrected chi connectivity index (χ3v) is 2.83. The molecule has 1 aromatic carbocycles. The van der Waals surface area contributed by atoms with E-state index >= 15 is 0 Å². The van der Waals surface area contributed by atoms with Crippen LogP contribution in [0.15, 0.2) is 55.1 Å². The zero-order chi connectivity index (χ0) is 13.1. The zero-order valence-electron chi connectivity index (χ0n) is 10.3. The number of benzene rings is 1. The molecule has 0 atom stereocenters. The minimum absolute atomic E-state index is 0.391. The van der Waals surface area contributed by atoms with Gasteiger partial charge in [-0.2, -0.15) is 5.10 Å². The van der Waals surface area contributed by atoms with E-state index in [0.29, 0.717) is 12.4 Å². The molecule has 5 nitrogen and oxygen atoms in total. The van der Waals surface area contributed by atoms with Crippen molar-refractivity contribution >= 4 is 0 Å². The lowest BCUT2D eigenvalue weighted by atomic mass is 10.1. The van der Waals surface area contributed by atoms with Crippen LogP contribution in [0, 0.1) is 0 Å². The molecule has 3 aromatic rings. The van der Waals surface area contributed by atoms with Crippen LogP contribution in [0.5, 0.6) is 0 Å². The summed E-state index contributed by atoms with van der Waals surface area (Å²) in [4.78, 5) is 8.49. The Hall–Kier alpha value is -2.53. The molecule has 94 valence electrons. The van der Waals surface area contributed by atoms with E-state index in [1.54, 1.807) is 17.1 Å². The number of aromatic nitrogens is 4. The molecule has 0 fully saturated rings. The van der Waals surface area contributed by atoms with Gasteiger partial charge in [-0.25, -0.2) is 9.67 Å². The van der Waals surface area contributed by atoms with E-state index in [1.807, 2.05) is 42.7 Å². The van der Waals surface area contributed by atoms with Crippen molar-refractivity contribution in [2.45, 2.75) is 6.54 Å². The largest absolute Gasteiger partial charge is 0.325 e. The molecule has 19 heavy (non-hydrogen) atoms. The van der Waals surface area contributed by atoms with Crippen molar-refractivity contribution in [1.82, 2.24) is 19.7 Å². The van der Waals surface area contributed by atoms with Crippen molar-refractivity contribution in [3.63, 3.8) is 0 Å². The van der Waals surface area contributed by atoms with Crippen LogP contribution >= 0.6 is 0 Å². The van der Waals surface area contributed by atoms with E-state index in [9.17, 15) is 0 Å². The van der Waals surface area contributed by atoms with Crippen LogP contribution in [0.3, 0.4) is 0 Å². The van der Waals surface area contributed by atoms with Gasteiger partial charge in [0.05, 0.1) is 24.3 Å². The quantitative estimate of drug-likeness (QED) is 0.770. The van der Waals surface area contributed by atoms with Crippen molar-refractivity contribution in [3.05, 3.63) is 60.8 Å². The van der Waals surface area contributed by atoms with Crippen molar-refractivity contribution < 1.29 is 0 Å². The highest BCUT2D eigenvalue weighted by Crippen LogP contribution is 2.18. The zero-order valence-corrected chi connectivity index (χ0v) is 10.3. The number of nitrogens with two attached hydrogens (primary N) is 1. The first-order chi connectivity index (χ1) is 9.36. The monoisotopic (exact) mass is 251 g/mol. The van der Waals surface area contributed by atoms with Gasteiger partial charge in [0.1, 0.15) is 0 Å². The molecule has 0 spiro atoms. The predicted molar refractivity (Wildman–Crippen MR) is 72.5 cm³/mol. The van der Waals surface area contributed by atoms with Crippen LogP contribution in [0.25, 0.3) is 16.9 Å². The SMILES string of the molecule is NCc1cnc(-n2cc(-c3ccccc3)cn2)cn1. The topological polar surface area (TPSA) is 69.6 Å². The summed E-state index contributed by atoms with van der Waals surface area (Å²) in [5, 5.41) is 4.30. The first-order valence-corrected chi connectivity index (χ1v) is 5.98. The van der Waals surface area contributed by atoms with E-state index in [-0.39, 0.29) is 0 Å². The van der Waals surface area contributed by atoms with Gasteiger partial charge in [-0.1, -0.05) is 30.3 Å². The molecule has 0 saturated heterocycles. The van der Waals surface area contributed by atoms with Crippen LogP contribution in [0.1, 0.15) is 5.69 Å². The first-order valence-electron chi connectivity index (χ1n) is 5.98. The van der Waals surface area contributed by atoms with Gasteiger partial charge in [-0.3, -0.25) is 4.98 Å². The van der Waals surface area contributed by atoms with Gasteiger partial charge in [0.25, 0.3) is 0 Å². The summed E-state index contributed by atoms with van der Waals surface area (Å²) in [6, 6.07) is 10.1. The molecule has 3 rings (SSSR count). The van der Waals surface area contributed by atoms with Gasteiger partial charge in [-0.05, 0) is 5.56 Å². The number of hydrogen-bond acceptors (Lipinski definition) is 4. The number of hydrogen-bond donors (Lipinski definition) is 1. The molecule has 5 heteroatoms. The summed E-state index contributed by atoms with van der Waals surface area (Å²) in [5.41, 5.74) is 8.43. The van der Waals surface area contributed by atoms with Crippen molar-refractivity contribution in [2.24, 2.45) is 5.73 Å². The molecule has 0 radical (unpaired) electrons. The molecule has 0 aliphatic carbocycles. The molecule has 0 amide bonds. The van der Waals surface area contributed by atoms with E-state index in [4.69, 9.17) is 5.73 Å². The molecule has 0 aliphatic heterocycles. The van der Waals surface area contributed by atoms with Crippen LogP contribution in [-0.2, 0) is 6.54 Å². The fraction of sp³-hybridized carbons (Fsp3) is 0.0714. The smallest absolute Gasteiger partial charge is 0.171 e. The maximum absolute atomic E-state index is 5.49. The minimum atomic E-state index is 0.391. The van der Waals surface area contributed by atoms with E-state index < -0.39 is 0 Å². The lowest BCUT2D eigenvalue weighted by Crippen LogP contribution is -2.03. The maximum Gasteiger partial charge on any atom is 0.171 e. The molecular formula is C14H13N5. The van der Waals surface area contributed by atoms with Crippen molar-refractivity contribution in [2.75, 3.05) is 0 Å². The Labute approximate surface area is 110 Å². The third kappa shape index (κ3) is 2.36. The summed E-state index contributed by atoms with van der Waals surface area (Å²) in [6.45, 7) is 0.391. The Morgan fingerprint density at radius 3 is 2.47 bits per heavy atom. The second-order valence-electron chi connectivity index (χ2n) is 4.11. The lowest BCUT2D eigenvalue weighted by molar-refractivity contribution is 0.825. The average Bonchev–Trinajstić information content (AvgIpc) is 2.98. The standard InChI is InChI=1S/C14H13N5/c15-6-13-8-17-14(9-16-13)19-10-12(7-18-19)11-4-2-1-3-5-11/h1-5,7-10H,6,15H2. The number of rotatable bonds is 3. The molecule has 0 unspecified atom stereocenters. The second kappa shape index (κ2) is 4.99. The molecule has 0 bridgehead atoms. The molecule has 2 aromatic heterocycles. The van der Waals surface area contributed by atoms with Crippen molar-refractivity contribution in [1.29, 1.82) is 0 Å². The average molecular weight is 251 g/mol. The van der Waals surface area contributed by atoms with Crippen LogP contribution in [0.2, 0.25) is 0 Å². The molecule has 0 saturated carbocycles. The molecule has 2 N–H and O–H groups in total. The molecule has 0 aliphatic rings. The third-order valence-electron chi connectivity index (χ3n) is 2.83. The van der Waals surface area contributed by atoms with Crippen LogP contribution in [0.4, 0.5) is 0 Å². The Bertz CT molecular complexity index is 658. The lowest BCUT2D eigenvalue weighted by Gasteiger charge is -2.00. The summed E-state index contributed by atoms with van der Waals surface area (Å²) in [6.07, 6.45) is 7.08.